The highest BCUT2D eigenvalue weighted by molar-refractivity contribution is 5.94. The van der Waals surface area contributed by atoms with Gasteiger partial charge < -0.3 is 15.0 Å². The number of hydrogen-bond donors (Lipinski definition) is 1. The summed E-state index contributed by atoms with van der Waals surface area (Å²) in [6.45, 7) is 8.42. The van der Waals surface area contributed by atoms with Crippen molar-refractivity contribution in [2.45, 2.75) is 39.2 Å². The van der Waals surface area contributed by atoms with Crippen LogP contribution in [0.3, 0.4) is 0 Å². The highest BCUT2D eigenvalue weighted by atomic mass is 16.5. The second-order valence-electron chi connectivity index (χ2n) is 10.5. The van der Waals surface area contributed by atoms with Crippen molar-refractivity contribution in [1.29, 1.82) is 0 Å². The highest BCUT2D eigenvalue weighted by Crippen LogP contribution is 2.30. The molecule has 2 heterocycles. The number of ether oxygens (including phenoxy) is 1. The van der Waals surface area contributed by atoms with Gasteiger partial charge in [0.2, 0.25) is 0 Å². The number of likely N-dealkylation sites (tertiary alicyclic amines) is 1. The number of hydrogen-bond acceptors (Lipinski definition) is 5. The Morgan fingerprint density at radius 3 is 2.38 bits per heavy atom. The summed E-state index contributed by atoms with van der Waals surface area (Å²) in [5.74, 6) is 1.05. The molecule has 0 saturated carbocycles. The lowest BCUT2D eigenvalue weighted by atomic mass is 9.99. The third-order valence-corrected chi connectivity index (χ3v) is 7.51. The molecule has 1 aromatic heterocycles. The summed E-state index contributed by atoms with van der Waals surface area (Å²) in [6.07, 6.45) is 2.48. The number of nitrogens with one attached hydrogen (secondary N) is 1. The van der Waals surface area contributed by atoms with Gasteiger partial charge in [-0.15, -0.1) is 0 Å². The minimum Gasteiger partial charge on any atom is -0.497 e. The van der Waals surface area contributed by atoms with Gasteiger partial charge in [-0.05, 0) is 73.3 Å². The number of carbonyl (C=O) groups is 1. The van der Waals surface area contributed by atoms with Gasteiger partial charge in [0, 0.05) is 29.6 Å². The number of amides is 1. The number of benzene rings is 3. The van der Waals surface area contributed by atoms with Gasteiger partial charge in [0.25, 0.3) is 5.91 Å². The normalized spacial score (nSPS) is 13.7. The lowest BCUT2D eigenvalue weighted by molar-refractivity contribution is 0.0949. The first-order valence-corrected chi connectivity index (χ1v) is 13.7. The zero-order chi connectivity index (χ0) is 27.4. The number of nitrogens with zero attached hydrogens (tertiary/aromatic N) is 3. The number of carbonyl (C=O) groups excluding carboxylic acids is 1. The molecule has 202 valence electrons. The largest absolute Gasteiger partial charge is 0.497 e. The van der Waals surface area contributed by atoms with Crippen molar-refractivity contribution in [1.82, 2.24) is 19.8 Å². The second kappa shape index (κ2) is 11.8. The van der Waals surface area contributed by atoms with Gasteiger partial charge in [-0.2, -0.15) is 4.98 Å². The fourth-order valence-electron chi connectivity index (χ4n) is 5.17. The maximum Gasteiger partial charge on any atom is 0.348 e. The zero-order valence-corrected chi connectivity index (χ0v) is 22.9. The molecule has 7 heteroatoms. The lowest BCUT2D eigenvalue weighted by Gasteiger charge is -2.15. The Hall–Kier alpha value is -3.97. The smallest absolute Gasteiger partial charge is 0.348 e. The summed E-state index contributed by atoms with van der Waals surface area (Å²) in [5.41, 5.74) is 4.75. The molecular formula is C32H36N4O3. The maximum absolute atomic E-state index is 13.3. The number of rotatable bonds is 9. The topological polar surface area (TPSA) is 76.5 Å². The average molecular weight is 525 g/mol. The minimum atomic E-state index is -0.320. The van der Waals surface area contributed by atoms with Crippen LogP contribution in [-0.2, 0) is 6.54 Å². The summed E-state index contributed by atoms with van der Waals surface area (Å²) < 4.78 is 7.16. The third kappa shape index (κ3) is 6.04. The molecule has 0 aliphatic carbocycles. The minimum absolute atomic E-state index is 0.0787. The van der Waals surface area contributed by atoms with Crippen LogP contribution in [0, 0.1) is 0 Å². The Labute approximate surface area is 229 Å². The number of methoxy groups -OCH3 is 1. The molecule has 5 rings (SSSR count). The molecule has 1 saturated heterocycles. The van der Waals surface area contributed by atoms with Gasteiger partial charge in [-0.3, -0.25) is 9.36 Å². The van der Waals surface area contributed by atoms with Crippen molar-refractivity contribution >= 4 is 16.8 Å². The summed E-state index contributed by atoms with van der Waals surface area (Å²) in [6, 6.07) is 21.3. The molecule has 39 heavy (non-hydrogen) atoms. The van der Waals surface area contributed by atoms with Crippen molar-refractivity contribution < 1.29 is 9.53 Å². The Bertz CT molecular complexity index is 1500. The molecule has 0 radical (unpaired) electrons. The monoisotopic (exact) mass is 524 g/mol. The van der Waals surface area contributed by atoms with E-state index in [0.29, 0.717) is 36.0 Å². The molecule has 4 aromatic rings. The van der Waals surface area contributed by atoms with Crippen LogP contribution in [-0.4, -0.2) is 53.6 Å². The summed E-state index contributed by atoms with van der Waals surface area (Å²) in [4.78, 5) is 32.8. The van der Waals surface area contributed by atoms with Crippen molar-refractivity contribution in [3.05, 3.63) is 93.9 Å². The molecule has 1 fully saturated rings. The van der Waals surface area contributed by atoms with E-state index in [1.54, 1.807) is 11.7 Å². The van der Waals surface area contributed by atoms with Gasteiger partial charge in [0.05, 0.1) is 24.9 Å². The summed E-state index contributed by atoms with van der Waals surface area (Å²) in [7, 11) is 1.63. The van der Waals surface area contributed by atoms with Crippen molar-refractivity contribution in [3.63, 3.8) is 0 Å². The van der Waals surface area contributed by atoms with E-state index in [4.69, 9.17) is 4.74 Å². The Balaban J connectivity index is 1.39. The Kier molecular flexibility index (Phi) is 8.07. The predicted molar refractivity (Wildman–Crippen MR) is 156 cm³/mol. The molecule has 0 spiro atoms. The van der Waals surface area contributed by atoms with Crippen LogP contribution in [0.25, 0.3) is 22.2 Å². The van der Waals surface area contributed by atoms with Gasteiger partial charge in [0.1, 0.15) is 5.75 Å². The number of aromatic nitrogens is 2. The van der Waals surface area contributed by atoms with Crippen LogP contribution in [0.15, 0.2) is 71.5 Å². The third-order valence-electron chi connectivity index (χ3n) is 7.51. The van der Waals surface area contributed by atoms with Crippen molar-refractivity contribution in [2.75, 3.05) is 33.3 Å². The maximum atomic E-state index is 13.3. The van der Waals surface area contributed by atoms with Gasteiger partial charge in [-0.25, -0.2) is 4.79 Å². The molecule has 7 nitrogen and oxygen atoms in total. The van der Waals surface area contributed by atoms with Crippen LogP contribution in [0.2, 0.25) is 0 Å². The van der Waals surface area contributed by atoms with E-state index in [1.807, 2.05) is 54.6 Å². The van der Waals surface area contributed by atoms with Crippen LogP contribution in [0.1, 0.15) is 54.1 Å². The van der Waals surface area contributed by atoms with Crippen LogP contribution in [0.5, 0.6) is 5.75 Å². The molecular weight excluding hydrogens is 488 g/mol. The lowest BCUT2D eigenvalue weighted by Crippen LogP contribution is -2.33. The predicted octanol–water partition coefficient (Wildman–Crippen LogP) is 5.07. The van der Waals surface area contributed by atoms with E-state index < -0.39 is 0 Å². The van der Waals surface area contributed by atoms with Gasteiger partial charge in [0.15, 0.2) is 0 Å². The van der Waals surface area contributed by atoms with E-state index in [1.165, 1.54) is 18.4 Å². The first kappa shape index (κ1) is 26.6. The second-order valence-corrected chi connectivity index (χ2v) is 10.5. The Morgan fingerprint density at radius 2 is 1.72 bits per heavy atom. The first-order valence-electron chi connectivity index (χ1n) is 13.7. The quantitative estimate of drug-likeness (QED) is 0.331. The zero-order valence-electron chi connectivity index (χ0n) is 22.9. The SMILES string of the molecule is COc1ccc2c(c1)c(-c1ccc(C(C)C)cc1)nc(=O)n2Cc1ccc(C(=O)NCCN2CCCC2)cc1. The van der Waals surface area contributed by atoms with Crippen LogP contribution >= 0.6 is 0 Å². The number of fused-ring (bicyclic) bond motifs is 1. The Morgan fingerprint density at radius 1 is 1.00 bits per heavy atom. The molecule has 1 N–H and O–H groups in total. The molecule has 0 unspecified atom stereocenters. The van der Waals surface area contributed by atoms with E-state index in [2.05, 4.69) is 41.2 Å². The fourth-order valence-corrected chi connectivity index (χ4v) is 5.17. The van der Waals surface area contributed by atoms with Gasteiger partial charge >= 0.3 is 5.69 Å². The molecule has 1 aliphatic rings. The van der Waals surface area contributed by atoms with Crippen molar-refractivity contribution in [2.24, 2.45) is 0 Å². The molecule has 1 amide bonds. The van der Waals surface area contributed by atoms with Gasteiger partial charge in [-0.1, -0.05) is 50.2 Å². The standard InChI is InChI=1S/C32H36N4O3/c1-22(2)24-10-12-25(13-11-24)30-28-20-27(39-3)14-15-29(28)36(32(38)34-30)21-23-6-8-26(9-7-23)31(37)33-16-19-35-17-4-5-18-35/h6-15,20,22H,4-5,16-19,21H2,1-3H3,(H,33,37). The molecule has 1 aliphatic heterocycles. The van der Waals surface area contributed by atoms with E-state index >= 15 is 0 Å². The molecule has 0 bridgehead atoms. The van der Waals surface area contributed by atoms with Crippen molar-refractivity contribution in [3.8, 4) is 17.0 Å². The van der Waals surface area contributed by atoms with Crippen LogP contribution < -0.4 is 15.7 Å². The average Bonchev–Trinajstić information content (AvgIpc) is 3.48. The van der Waals surface area contributed by atoms with E-state index in [9.17, 15) is 9.59 Å². The summed E-state index contributed by atoms with van der Waals surface area (Å²) >= 11 is 0. The van der Waals surface area contributed by atoms with E-state index in [0.717, 1.165) is 41.7 Å². The van der Waals surface area contributed by atoms with Crippen LogP contribution in [0.4, 0.5) is 0 Å². The highest BCUT2D eigenvalue weighted by Gasteiger charge is 2.15. The molecule has 0 atom stereocenters. The summed E-state index contributed by atoms with van der Waals surface area (Å²) in [5, 5.41) is 3.86. The first-order chi connectivity index (χ1) is 18.9. The molecule has 3 aromatic carbocycles. The van der Waals surface area contributed by atoms with E-state index in [-0.39, 0.29) is 11.6 Å². The fraction of sp³-hybridized carbons (Fsp3) is 0.344.